The van der Waals surface area contributed by atoms with Crippen LogP contribution in [0, 0.1) is 0 Å². The molecule has 0 unspecified atom stereocenters. The molecule has 0 atom stereocenters. The molecule has 70 valence electrons. The molecule has 12 heavy (non-hydrogen) atoms. The van der Waals surface area contributed by atoms with E-state index in [-0.39, 0.29) is 0 Å². The third kappa shape index (κ3) is 4.54. The van der Waals surface area contributed by atoms with Gasteiger partial charge in [0.1, 0.15) is 6.34 Å². The van der Waals surface area contributed by atoms with E-state index in [0.717, 1.165) is 0 Å². The topological polar surface area (TPSA) is 45.1 Å². The highest BCUT2D eigenvalue weighted by Gasteiger charge is 2.04. The monoisotopic (exact) mass is 173 g/mol. The molecule has 0 saturated carbocycles. The predicted octanol–water partition coefficient (Wildman–Crippen LogP) is 0.580. The Bertz CT molecular complexity index is 168. The van der Waals surface area contributed by atoms with Gasteiger partial charge in [0.05, 0.1) is 6.61 Å². The Kier molecular flexibility index (Phi) is 4.83. The molecule has 0 aromatic carbocycles. The molecule has 1 amide bonds. The number of amides is 1. The van der Waals surface area contributed by atoms with Crippen molar-refractivity contribution in [2.75, 3.05) is 27.7 Å². The Hall–Kier alpha value is -1.26. The molecule has 0 aliphatic rings. The lowest BCUT2D eigenvalue weighted by Gasteiger charge is -2.11. The first kappa shape index (κ1) is 10.7. The molecule has 0 saturated heterocycles. The van der Waals surface area contributed by atoms with Gasteiger partial charge in [0, 0.05) is 21.1 Å². The Morgan fingerprint density at radius 1 is 1.50 bits per heavy atom. The van der Waals surface area contributed by atoms with Crippen molar-refractivity contribution >= 4 is 12.4 Å². The fourth-order valence-electron chi connectivity index (χ4n) is 0.453. The van der Waals surface area contributed by atoms with Gasteiger partial charge in [-0.15, -0.1) is 0 Å². The van der Waals surface area contributed by atoms with E-state index in [4.69, 9.17) is 4.74 Å². The number of hydrogen-bond donors (Lipinski definition) is 0. The van der Waals surface area contributed by atoms with Gasteiger partial charge < -0.3 is 9.75 Å². The molecule has 5 nitrogen and oxygen atoms in total. The van der Waals surface area contributed by atoms with Gasteiger partial charge in [-0.25, -0.2) is 4.79 Å². The summed E-state index contributed by atoms with van der Waals surface area (Å²) in [6.07, 6.45) is 1.00. The normalized spacial score (nSPS) is 10.0. The lowest BCUT2D eigenvalue weighted by molar-refractivity contribution is 0.134. The number of hydrogen-bond acceptors (Lipinski definition) is 4. The fourth-order valence-corrected chi connectivity index (χ4v) is 0.453. The Labute approximate surface area is 72.6 Å². The number of rotatable bonds is 3. The van der Waals surface area contributed by atoms with Crippen molar-refractivity contribution in [3.8, 4) is 0 Å². The van der Waals surface area contributed by atoms with Crippen LogP contribution in [0.3, 0.4) is 0 Å². The zero-order valence-corrected chi connectivity index (χ0v) is 7.94. The minimum atomic E-state index is -0.400. The van der Waals surface area contributed by atoms with Gasteiger partial charge >= 0.3 is 6.09 Å². The van der Waals surface area contributed by atoms with Crippen molar-refractivity contribution in [2.45, 2.75) is 6.92 Å². The Morgan fingerprint density at radius 2 is 2.08 bits per heavy atom. The molecule has 0 bridgehead atoms. The molecule has 0 aliphatic carbocycles. The minimum Gasteiger partial charge on any atom is -0.449 e. The first-order valence-electron chi connectivity index (χ1n) is 3.69. The van der Waals surface area contributed by atoms with Crippen molar-refractivity contribution in [1.82, 2.24) is 9.91 Å². The third-order valence-electron chi connectivity index (χ3n) is 1.01. The highest BCUT2D eigenvalue weighted by Crippen LogP contribution is 1.86. The van der Waals surface area contributed by atoms with Gasteiger partial charge in [-0.1, -0.05) is 0 Å². The molecule has 0 N–H and O–H groups in total. The average molecular weight is 173 g/mol. The quantitative estimate of drug-likeness (QED) is 0.356. The standard InChI is InChI=1S/C7H15N3O2/c1-5-12-7(11)10(4)6-8-9(2)3/h6H,5H2,1-4H3. The summed E-state index contributed by atoms with van der Waals surface area (Å²) in [4.78, 5) is 12.2. The number of nitrogens with zero attached hydrogens (tertiary/aromatic N) is 3. The second-order valence-corrected chi connectivity index (χ2v) is 2.39. The van der Waals surface area contributed by atoms with Crippen LogP contribution in [0.15, 0.2) is 5.10 Å². The van der Waals surface area contributed by atoms with E-state index in [2.05, 4.69) is 5.10 Å². The predicted molar refractivity (Wildman–Crippen MR) is 47.0 cm³/mol. The van der Waals surface area contributed by atoms with E-state index in [1.54, 1.807) is 33.1 Å². The maximum atomic E-state index is 10.9. The summed E-state index contributed by atoms with van der Waals surface area (Å²) < 4.78 is 4.71. The molecule has 0 rings (SSSR count). The van der Waals surface area contributed by atoms with E-state index in [9.17, 15) is 4.79 Å². The van der Waals surface area contributed by atoms with Crippen molar-refractivity contribution in [3.05, 3.63) is 0 Å². The molecule has 5 heteroatoms. The lowest BCUT2D eigenvalue weighted by Crippen LogP contribution is -2.26. The maximum absolute atomic E-state index is 10.9. The minimum absolute atomic E-state index is 0.374. The summed E-state index contributed by atoms with van der Waals surface area (Å²) in [5.41, 5.74) is 0. The first-order valence-corrected chi connectivity index (χ1v) is 3.69. The molecular formula is C7H15N3O2. The smallest absolute Gasteiger partial charge is 0.414 e. The van der Waals surface area contributed by atoms with E-state index in [1.807, 2.05) is 0 Å². The van der Waals surface area contributed by atoms with Crippen LogP contribution in [-0.4, -0.2) is 50.1 Å². The molecule has 0 heterocycles. The number of carbonyl (C=O) groups excluding carboxylic acids is 1. The summed E-state index contributed by atoms with van der Waals surface area (Å²) >= 11 is 0. The summed E-state index contributed by atoms with van der Waals surface area (Å²) in [6.45, 7) is 2.13. The molecule has 0 radical (unpaired) electrons. The van der Waals surface area contributed by atoms with Gasteiger partial charge in [0.25, 0.3) is 0 Å². The Balaban J connectivity index is 3.86. The van der Waals surface area contributed by atoms with Crippen LogP contribution < -0.4 is 0 Å². The number of ether oxygens (including phenoxy) is 1. The number of hydrazone groups is 1. The van der Waals surface area contributed by atoms with Crippen molar-refractivity contribution in [3.63, 3.8) is 0 Å². The molecule has 0 aromatic heterocycles. The van der Waals surface area contributed by atoms with Crippen LogP contribution in [0.5, 0.6) is 0 Å². The van der Waals surface area contributed by atoms with Gasteiger partial charge in [0.2, 0.25) is 0 Å². The van der Waals surface area contributed by atoms with Gasteiger partial charge in [-0.05, 0) is 6.92 Å². The van der Waals surface area contributed by atoms with Crippen molar-refractivity contribution in [1.29, 1.82) is 0 Å². The SMILES string of the molecule is CCOC(=O)N(C)C=NN(C)C. The van der Waals surface area contributed by atoms with Crippen LogP contribution in [0.2, 0.25) is 0 Å². The van der Waals surface area contributed by atoms with Crippen LogP contribution in [0.1, 0.15) is 6.92 Å². The zero-order valence-electron chi connectivity index (χ0n) is 7.94. The Morgan fingerprint density at radius 3 is 2.50 bits per heavy atom. The van der Waals surface area contributed by atoms with E-state index >= 15 is 0 Å². The molecular weight excluding hydrogens is 158 g/mol. The molecule has 0 aliphatic heterocycles. The molecule has 0 fully saturated rings. The molecule has 0 aromatic rings. The maximum Gasteiger partial charge on any atom is 0.414 e. The van der Waals surface area contributed by atoms with Crippen molar-refractivity contribution in [2.24, 2.45) is 5.10 Å². The van der Waals surface area contributed by atoms with Crippen molar-refractivity contribution < 1.29 is 9.53 Å². The van der Waals surface area contributed by atoms with Crippen LogP contribution in [-0.2, 0) is 4.74 Å². The number of carbonyl (C=O) groups is 1. The van der Waals surface area contributed by atoms with E-state index < -0.39 is 6.09 Å². The average Bonchev–Trinajstić information content (AvgIpc) is 2.00. The van der Waals surface area contributed by atoms with Gasteiger partial charge in [0.15, 0.2) is 0 Å². The second kappa shape index (κ2) is 5.40. The summed E-state index contributed by atoms with van der Waals surface area (Å²) in [6, 6.07) is 0. The summed E-state index contributed by atoms with van der Waals surface area (Å²) in [5.74, 6) is 0. The lowest BCUT2D eigenvalue weighted by atomic mass is 10.8. The van der Waals surface area contributed by atoms with Crippen LogP contribution in [0.25, 0.3) is 0 Å². The zero-order chi connectivity index (χ0) is 9.56. The van der Waals surface area contributed by atoms with E-state index in [1.165, 1.54) is 11.2 Å². The van der Waals surface area contributed by atoms with Crippen LogP contribution in [0.4, 0.5) is 4.79 Å². The highest BCUT2D eigenvalue weighted by atomic mass is 16.5. The first-order chi connectivity index (χ1) is 5.57. The summed E-state index contributed by atoms with van der Waals surface area (Å²) in [5, 5.41) is 5.45. The third-order valence-corrected chi connectivity index (χ3v) is 1.01. The van der Waals surface area contributed by atoms with E-state index in [0.29, 0.717) is 6.61 Å². The summed E-state index contributed by atoms with van der Waals surface area (Å²) in [7, 11) is 5.13. The highest BCUT2D eigenvalue weighted by molar-refractivity contribution is 5.81. The largest absolute Gasteiger partial charge is 0.449 e. The second-order valence-electron chi connectivity index (χ2n) is 2.39. The fraction of sp³-hybridized carbons (Fsp3) is 0.714. The van der Waals surface area contributed by atoms with Gasteiger partial charge in [-0.2, -0.15) is 5.10 Å². The molecule has 0 spiro atoms. The van der Waals surface area contributed by atoms with Crippen LogP contribution >= 0.6 is 0 Å². The van der Waals surface area contributed by atoms with Gasteiger partial charge in [-0.3, -0.25) is 4.90 Å².